The fraction of sp³-hybridized carbons (Fsp3) is 0.824. The molecule has 0 radical (unpaired) electrons. The molecule has 1 aromatic heterocycles. The van der Waals surface area contributed by atoms with E-state index in [0.29, 0.717) is 11.8 Å². The van der Waals surface area contributed by atoms with Crippen LogP contribution < -0.4 is 5.32 Å². The van der Waals surface area contributed by atoms with Crippen LogP contribution in [0.3, 0.4) is 0 Å². The number of hydrogen-bond acceptors (Lipinski definition) is 4. The van der Waals surface area contributed by atoms with E-state index in [-0.39, 0.29) is 11.5 Å². The van der Waals surface area contributed by atoms with Crippen molar-refractivity contribution in [2.24, 2.45) is 11.8 Å². The van der Waals surface area contributed by atoms with Gasteiger partial charge in [-0.1, -0.05) is 34.6 Å². The van der Waals surface area contributed by atoms with E-state index in [1.165, 1.54) is 17.8 Å². The number of nitrogens with zero attached hydrogens (tertiary/aromatic N) is 1. The van der Waals surface area contributed by atoms with E-state index in [1.54, 1.807) is 11.3 Å². The van der Waals surface area contributed by atoms with Crippen molar-refractivity contribution in [1.82, 2.24) is 10.3 Å². The molecule has 0 spiro atoms. The van der Waals surface area contributed by atoms with Crippen molar-refractivity contribution >= 4 is 11.3 Å². The minimum absolute atomic E-state index is 0.128. The van der Waals surface area contributed by atoms with Crippen LogP contribution in [0, 0.1) is 11.8 Å². The minimum atomic E-state index is 0.128. The lowest BCUT2D eigenvalue weighted by atomic mass is 9.92. The number of rotatable bonds is 5. The lowest BCUT2D eigenvalue weighted by molar-refractivity contribution is -0.0301. The summed E-state index contributed by atoms with van der Waals surface area (Å²) in [6.45, 7) is 14.1. The van der Waals surface area contributed by atoms with Crippen molar-refractivity contribution in [2.45, 2.75) is 59.0 Å². The highest BCUT2D eigenvalue weighted by Gasteiger charge is 2.30. The maximum absolute atomic E-state index is 6.06. The SMILES string of the molecule is CC(C)CNCC1CCCOC1c1csc(C(C)(C)C)n1. The molecule has 0 bridgehead atoms. The Bertz CT molecular complexity index is 436. The summed E-state index contributed by atoms with van der Waals surface area (Å²) in [5, 5.41) is 7.00. The average Bonchev–Trinajstić information content (AvgIpc) is 2.88. The number of hydrogen-bond donors (Lipinski definition) is 1. The molecule has 1 fully saturated rings. The Morgan fingerprint density at radius 2 is 2.19 bits per heavy atom. The molecular weight excluding hydrogens is 280 g/mol. The Morgan fingerprint density at radius 3 is 2.81 bits per heavy atom. The van der Waals surface area contributed by atoms with Crippen molar-refractivity contribution < 1.29 is 4.74 Å². The predicted octanol–water partition coefficient (Wildman–Crippen LogP) is 4.15. The molecule has 2 rings (SSSR count). The van der Waals surface area contributed by atoms with Gasteiger partial charge in [0.1, 0.15) is 6.10 Å². The molecule has 120 valence electrons. The zero-order chi connectivity index (χ0) is 15.5. The number of thiazole rings is 1. The van der Waals surface area contributed by atoms with Crippen molar-refractivity contribution in [3.8, 4) is 0 Å². The molecule has 3 nitrogen and oxygen atoms in total. The second-order valence-electron chi connectivity index (χ2n) is 7.57. The molecule has 1 aromatic rings. The zero-order valence-electron chi connectivity index (χ0n) is 14.1. The van der Waals surface area contributed by atoms with Gasteiger partial charge in [-0.05, 0) is 25.3 Å². The highest BCUT2D eigenvalue weighted by molar-refractivity contribution is 7.09. The van der Waals surface area contributed by atoms with Crippen LogP contribution in [0.15, 0.2) is 5.38 Å². The van der Waals surface area contributed by atoms with Crippen LogP contribution >= 0.6 is 11.3 Å². The van der Waals surface area contributed by atoms with Crippen LogP contribution in [0.25, 0.3) is 0 Å². The maximum Gasteiger partial charge on any atom is 0.104 e. The molecule has 21 heavy (non-hydrogen) atoms. The van der Waals surface area contributed by atoms with Gasteiger partial charge >= 0.3 is 0 Å². The van der Waals surface area contributed by atoms with Gasteiger partial charge in [-0.2, -0.15) is 0 Å². The summed E-state index contributed by atoms with van der Waals surface area (Å²) in [4.78, 5) is 4.86. The molecule has 1 aliphatic rings. The van der Waals surface area contributed by atoms with Gasteiger partial charge in [-0.3, -0.25) is 0 Å². The molecule has 1 aliphatic heterocycles. The van der Waals surface area contributed by atoms with E-state index in [1.807, 2.05) is 0 Å². The summed E-state index contributed by atoms with van der Waals surface area (Å²) >= 11 is 1.77. The van der Waals surface area contributed by atoms with Gasteiger partial charge in [-0.25, -0.2) is 4.98 Å². The van der Waals surface area contributed by atoms with Crippen molar-refractivity contribution in [1.29, 1.82) is 0 Å². The lowest BCUT2D eigenvalue weighted by Gasteiger charge is -2.31. The first-order chi connectivity index (χ1) is 9.88. The average molecular weight is 311 g/mol. The maximum atomic E-state index is 6.06. The molecule has 0 aromatic carbocycles. The third-order valence-electron chi connectivity index (χ3n) is 3.86. The third-order valence-corrected chi connectivity index (χ3v) is 5.15. The van der Waals surface area contributed by atoms with Crippen LogP contribution in [0.4, 0.5) is 0 Å². The molecule has 2 atom stereocenters. The normalized spacial score (nSPS) is 23.7. The molecule has 2 unspecified atom stereocenters. The van der Waals surface area contributed by atoms with E-state index in [9.17, 15) is 0 Å². The topological polar surface area (TPSA) is 34.1 Å². The molecule has 1 N–H and O–H groups in total. The molecule has 1 saturated heterocycles. The summed E-state index contributed by atoms with van der Waals surface area (Å²) in [6, 6.07) is 0. The van der Waals surface area contributed by atoms with Crippen LogP contribution in [0.2, 0.25) is 0 Å². The molecule has 0 amide bonds. The first-order valence-electron chi connectivity index (χ1n) is 8.16. The molecular formula is C17H30N2OS. The number of aromatic nitrogens is 1. The molecule has 2 heterocycles. The van der Waals surface area contributed by atoms with E-state index in [4.69, 9.17) is 9.72 Å². The molecule has 4 heteroatoms. The number of nitrogens with one attached hydrogen (secondary N) is 1. The first-order valence-corrected chi connectivity index (χ1v) is 9.04. The summed E-state index contributed by atoms with van der Waals surface area (Å²) < 4.78 is 6.06. The quantitative estimate of drug-likeness (QED) is 0.887. The van der Waals surface area contributed by atoms with Crippen LogP contribution in [-0.4, -0.2) is 24.7 Å². The molecule has 0 saturated carbocycles. The highest BCUT2D eigenvalue weighted by Crippen LogP contribution is 2.36. The summed E-state index contributed by atoms with van der Waals surface area (Å²) in [5.74, 6) is 1.24. The highest BCUT2D eigenvalue weighted by atomic mass is 32.1. The van der Waals surface area contributed by atoms with Gasteiger partial charge in [-0.15, -0.1) is 11.3 Å². The van der Waals surface area contributed by atoms with Gasteiger partial charge in [0.2, 0.25) is 0 Å². The van der Waals surface area contributed by atoms with E-state index in [2.05, 4.69) is 45.3 Å². The van der Waals surface area contributed by atoms with Gasteiger partial charge < -0.3 is 10.1 Å². The standard InChI is InChI=1S/C17H30N2OS/c1-12(2)9-18-10-13-7-6-8-20-15(13)14-11-21-16(19-14)17(3,4)5/h11-13,15,18H,6-10H2,1-5H3. The number of ether oxygens (including phenoxy) is 1. The van der Waals surface area contributed by atoms with Crippen LogP contribution in [0.1, 0.15) is 64.3 Å². The monoisotopic (exact) mass is 310 g/mol. The van der Waals surface area contributed by atoms with Gasteiger partial charge in [0.15, 0.2) is 0 Å². The fourth-order valence-electron chi connectivity index (χ4n) is 2.70. The zero-order valence-corrected chi connectivity index (χ0v) is 14.9. The van der Waals surface area contributed by atoms with Crippen molar-refractivity contribution in [3.63, 3.8) is 0 Å². The van der Waals surface area contributed by atoms with Crippen molar-refractivity contribution in [3.05, 3.63) is 16.1 Å². The van der Waals surface area contributed by atoms with Gasteiger partial charge in [0.05, 0.1) is 10.7 Å². The van der Waals surface area contributed by atoms with Crippen LogP contribution in [-0.2, 0) is 10.2 Å². The molecule has 0 aliphatic carbocycles. The van der Waals surface area contributed by atoms with Gasteiger partial charge in [0, 0.05) is 29.9 Å². The second kappa shape index (κ2) is 7.21. The Balaban J connectivity index is 2.02. The van der Waals surface area contributed by atoms with E-state index < -0.39 is 0 Å². The van der Waals surface area contributed by atoms with Gasteiger partial charge in [0.25, 0.3) is 0 Å². The first kappa shape index (κ1) is 16.9. The Kier molecular flexibility index (Phi) is 5.81. The smallest absolute Gasteiger partial charge is 0.104 e. The lowest BCUT2D eigenvalue weighted by Crippen LogP contribution is -2.33. The fourth-order valence-corrected chi connectivity index (χ4v) is 3.63. The summed E-state index contributed by atoms with van der Waals surface area (Å²) in [7, 11) is 0. The van der Waals surface area contributed by atoms with Crippen molar-refractivity contribution in [2.75, 3.05) is 19.7 Å². The Hall–Kier alpha value is -0.450. The third kappa shape index (κ3) is 4.76. The summed E-state index contributed by atoms with van der Waals surface area (Å²) in [6.07, 6.45) is 2.57. The van der Waals surface area contributed by atoms with Crippen LogP contribution in [0.5, 0.6) is 0 Å². The Morgan fingerprint density at radius 1 is 1.43 bits per heavy atom. The van der Waals surface area contributed by atoms with E-state index in [0.717, 1.165) is 25.4 Å². The Labute approximate surface area is 133 Å². The van der Waals surface area contributed by atoms with E-state index >= 15 is 0 Å². The largest absolute Gasteiger partial charge is 0.372 e. The summed E-state index contributed by atoms with van der Waals surface area (Å²) in [5.41, 5.74) is 1.27. The second-order valence-corrected chi connectivity index (χ2v) is 8.43. The minimum Gasteiger partial charge on any atom is -0.372 e. The predicted molar refractivity (Wildman–Crippen MR) is 89.9 cm³/mol.